The molecule has 0 radical (unpaired) electrons. The Morgan fingerprint density at radius 2 is 2.22 bits per heavy atom. The lowest BCUT2D eigenvalue weighted by Gasteiger charge is -2.22. The lowest BCUT2D eigenvalue weighted by atomic mass is 10.1. The van der Waals surface area contributed by atoms with Gasteiger partial charge in [0.2, 0.25) is 0 Å². The van der Waals surface area contributed by atoms with E-state index in [0.717, 1.165) is 12.8 Å². The third-order valence-electron chi connectivity index (χ3n) is 3.42. The summed E-state index contributed by atoms with van der Waals surface area (Å²) in [5, 5.41) is 0. The highest BCUT2D eigenvalue weighted by Gasteiger charge is 2.32. The predicted molar refractivity (Wildman–Crippen MR) is 70.1 cm³/mol. The summed E-state index contributed by atoms with van der Waals surface area (Å²) in [5.41, 5.74) is 7.90. The summed E-state index contributed by atoms with van der Waals surface area (Å²) in [5.74, 6) is 0. The molecule has 4 nitrogen and oxygen atoms in total. The van der Waals surface area contributed by atoms with Crippen molar-refractivity contribution in [3.63, 3.8) is 0 Å². The van der Waals surface area contributed by atoms with Gasteiger partial charge in [0, 0.05) is 6.54 Å². The van der Waals surface area contributed by atoms with Crippen LogP contribution < -0.4 is 5.73 Å². The number of ether oxygens (including phenoxy) is 1. The Bertz CT molecular complexity index is 420. The monoisotopic (exact) mass is 248 g/mol. The van der Waals surface area contributed by atoms with E-state index in [4.69, 9.17) is 10.5 Å². The molecule has 1 fully saturated rings. The summed E-state index contributed by atoms with van der Waals surface area (Å²) >= 11 is 0. The maximum atomic E-state index is 11.7. The number of nitrogens with zero attached hydrogens (tertiary/aromatic N) is 1. The normalized spacial score (nSPS) is 19.1. The van der Waals surface area contributed by atoms with Crippen molar-refractivity contribution >= 4 is 6.09 Å². The van der Waals surface area contributed by atoms with E-state index in [1.165, 1.54) is 11.1 Å². The van der Waals surface area contributed by atoms with Crippen LogP contribution in [-0.2, 0) is 11.3 Å². The van der Waals surface area contributed by atoms with Gasteiger partial charge in [-0.25, -0.2) is 4.79 Å². The van der Waals surface area contributed by atoms with Crippen LogP contribution in [0.3, 0.4) is 0 Å². The zero-order valence-corrected chi connectivity index (χ0v) is 10.8. The van der Waals surface area contributed by atoms with Gasteiger partial charge in [-0.3, -0.25) is 4.90 Å². The number of rotatable bonds is 5. The molecule has 98 valence electrons. The second-order valence-corrected chi connectivity index (χ2v) is 4.72. The summed E-state index contributed by atoms with van der Waals surface area (Å²) in [6, 6.07) is 8.29. The highest BCUT2D eigenvalue weighted by Crippen LogP contribution is 2.21. The largest absolute Gasteiger partial charge is 0.447 e. The fourth-order valence-electron chi connectivity index (χ4n) is 2.25. The molecule has 0 saturated carbocycles. The second kappa shape index (κ2) is 5.87. The molecular weight excluding hydrogens is 228 g/mol. The van der Waals surface area contributed by atoms with Gasteiger partial charge >= 0.3 is 6.09 Å². The summed E-state index contributed by atoms with van der Waals surface area (Å²) in [4.78, 5) is 13.6. The van der Waals surface area contributed by atoms with Gasteiger partial charge in [-0.05, 0) is 37.4 Å². The average molecular weight is 248 g/mol. The Balaban J connectivity index is 2.06. The molecule has 1 aliphatic heterocycles. The van der Waals surface area contributed by atoms with Gasteiger partial charge in [0.15, 0.2) is 0 Å². The second-order valence-electron chi connectivity index (χ2n) is 4.72. The smallest absolute Gasteiger partial charge is 0.410 e. The van der Waals surface area contributed by atoms with Gasteiger partial charge < -0.3 is 10.5 Å². The Morgan fingerprint density at radius 1 is 1.44 bits per heavy atom. The number of carbonyl (C=O) groups excluding carboxylic acids is 1. The third-order valence-corrected chi connectivity index (χ3v) is 3.42. The predicted octanol–water partition coefficient (Wildman–Crippen LogP) is 2.05. The number of hydrogen-bond donors (Lipinski definition) is 1. The highest BCUT2D eigenvalue weighted by atomic mass is 16.6. The van der Waals surface area contributed by atoms with Gasteiger partial charge in [-0.2, -0.15) is 0 Å². The molecule has 1 heterocycles. The number of cyclic esters (lactones) is 1. The molecule has 1 amide bonds. The van der Waals surface area contributed by atoms with Crippen molar-refractivity contribution in [1.29, 1.82) is 0 Å². The maximum absolute atomic E-state index is 11.7. The van der Waals surface area contributed by atoms with Crippen molar-refractivity contribution in [2.24, 2.45) is 5.73 Å². The lowest BCUT2D eigenvalue weighted by molar-refractivity contribution is 0.156. The van der Waals surface area contributed by atoms with Crippen LogP contribution in [0.1, 0.15) is 24.0 Å². The first-order valence-electron chi connectivity index (χ1n) is 6.40. The molecule has 4 heteroatoms. The van der Waals surface area contributed by atoms with Crippen molar-refractivity contribution in [3.05, 3.63) is 35.4 Å². The zero-order valence-electron chi connectivity index (χ0n) is 10.8. The van der Waals surface area contributed by atoms with Gasteiger partial charge in [0.25, 0.3) is 0 Å². The molecular formula is C14H20N2O2. The summed E-state index contributed by atoms with van der Waals surface area (Å²) in [6.07, 6.45) is 1.62. The van der Waals surface area contributed by atoms with Crippen molar-refractivity contribution < 1.29 is 9.53 Å². The summed E-state index contributed by atoms with van der Waals surface area (Å²) in [6.45, 7) is 3.83. The van der Waals surface area contributed by atoms with E-state index in [0.29, 0.717) is 19.7 Å². The van der Waals surface area contributed by atoms with Crippen molar-refractivity contribution in [1.82, 2.24) is 4.90 Å². The molecule has 1 saturated heterocycles. The Hall–Kier alpha value is -1.55. The topological polar surface area (TPSA) is 55.6 Å². The van der Waals surface area contributed by atoms with Gasteiger partial charge in [-0.1, -0.05) is 24.3 Å². The third kappa shape index (κ3) is 2.82. The minimum absolute atomic E-state index is 0.167. The first-order valence-corrected chi connectivity index (χ1v) is 6.40. The van der Waals surface area contributed by atoms with E-state index >= 15 is 0 Å². The Morgan fingerprint density at radius 3 is 2.94 bits per heavy atom. The van der Waals surface area contributed by atoms with Crippen LogP contribution in [0.2, 0.25) is 0 Å². The molecule has 1 aromatic rings. The first-order chi connectivity index (χ1) is 8.72. The Kier molecular flexibility index (Phi) is 4.20. The molecule has 2 N–H and O–H groups in total. The molecule has 0 bridgehead atoms. The minimum atomic E-state index is -0.208. The molecule has 2 rings (SSSR count). The quantitative estimate of drug-likeness (QED) is 0.867. The minimum Gasteiger partial charge on any atom is -0.447 e. The van der Waals surface area contributed by atoms with Gasteiger partial charge in [0.05, 0.1) is 6.04 Å². The molecule has 1 atom stereocenters. The molecule has 1 aliphatic rings. The summed E-state index contributed by atoms with van der Waals surface area (Å²) in [7, 11) is 0. The molecule has 0 spiro atoms. The standard InChI is InChI=1S/C14H20N2O2/c1-11-5-2-3-6-12(11)9-16-13(7-4-8-15)10-18-14(16)17/h2-3,5-6,13H,4,7-10,15H2,1H3. The van der Waals surface area contributed by atoms with Gasteiger partial charge in [-0.15, -0.1) is 0 Å². The van der Waals surface area contributed by atoms with E-state index < -0.39 is 0 Å². The molecule has 18 heavy (non-hydrogen) atoms. The SMILES string of the molecule is Cc1ccccc1CN1C(=O)OCC1CCCN. The number of amides is 1. The fourth-order valence-corrected chi connectivity index (χ4v) is 2.25. The molecule has 0 aliphatic carbocycles. The van der Waals surface area contributed by atoms with Crippen molar-refractivity contribution in [2.45, 2.75) is 32.4 Å². The molecule has 0 aromatic heterocycles. The van der Waals surface area contributed by atoms with Crippen LogP contribution in [0.4, 0.5) is 4.79 Å². The fraction of sp³-hybridized carbons (Fsp3) is 0.500. The maximum Gasteiger partial charge on any atom is 0.410 e. The van der Waals surface area contributed by atoms with E-state index in [1.807, 2.05) is 17.0 Å². The van der Waals surface area contributed by atoms with Crippen LogP contribution in [0.15, 0.2) is 24.3 Å². The van der Waals surface area contributed by atoms with E-state index in [-0.39, 0.29) is 12.1 Å². The van der Waals surface area contributed by atoms with Crippen LogP contribution in [0.25, 0.3) is 0 Å². The summed E-state index contributed by atoms with van der Waals surface area (Å²) < 4.78 is 5.13. The molecule has 1 unspecified atom stereocenters. The zero-order chi connectivity index (χ0) is 13.0. The van der Waals surface area contributed by atoms with E-state index in [2.05, 4.69) is 19.1 Å². The molecule has 1 aromatic carbocycles. The van der Waals surface area contributed by atoms with Gasteiger partial charge in [0.1, 0.15) is 6.61 Å². The highest BCUT2D eigenvalue weighted by molar-refractivity contribution is 5.70. The number of nitrogens with two attached hydrogens (primary N) is 1. The lowest BCUT2D eigenvalue weighted by Crippen LogP contribution is -2.33. The number of hydrogen-bond acceptors (Lipinski definition) is 3. The first kappa shape index (κ1) is 12.9. The Labute approximate surface area is 108 Å². The van der Waals surface area contributed by atoms with E-state index in [1.54, 1.807) is 0 Å². The van der Waals surface area contributed by atoms with Crippen LogP contribution in [0.5, 0.6) is 0 Å². The number of carbonyl (C=O) groups is 1. The van der Waals surface area contributed by atoms with E-state index in [9.17, 15) is 4.79 Å². The van der Waals surface area contributed by atoms with Crippen LogP contribution in [0, 0.1) is 6.92 Å². The van der Waals surface area contributed by atoms with Crippen molar-refractivity contribution in [2.75, 3.05) is 13.2 Å². The number of aryl methyl sites for hydroxylation is 1. The van der Waals surface area contributed by atoms with Crippen molar-refractivity contribution in [3.8, 4) is 0 Å². The number of benzene rings is 1. The van der Waals surface area contributed by atoms with Crippen LogP contribution >= 0.6 is 0 Å². The average Bonchev–Trinajstić information content (AvgIpc) is 2.71. The van der Waals surface area contributed by atoms with Crippen LogP contribution in [-0.4, -0.2) is 30.2 Å².